The first kappa shape index (κ1) is 19.3. The SMILES string of the molecule is CC(C)c1ccc(-c2nnn([C@H](C)C(=O)NCCC3=CCCCC3)n2)cc1. The molecule has 3 rings (SSSR count). The minimum atomic E-state index is -0.485. The zero-order valence-electron chi connectivity index (χ0n) is 16.5. The minimum Gasteiger partial charge on any atom is -0.354 e. The maximum absolute atomic E-state index is 12.4. The Morgan fingerprint density at radius 1 is 1.19 bits per heavy atom. The highest BCUT2D eigenvalue weighted by Gasteiger charge is 2.18. The van der Waals surface area contributed by atoms with Gasteiger partial charge in [-0.2, -0.15) is 4.80 Å². The van der Waals surface area contributed by atoms with E-state index in [1.165, 1.54) is 35.2 Å². The fourth-order valence-corrected chi connectivity index (χ4v) is 3.25. The maximum Gasteiger partial charge on any atom is 0.246 e. The molecule has 0 fully saturated rings. The van der Waals surface area contributed by atoms with Gasteiger partial charge >= 0.3 is 0 Å². The third-order valence-corrected chi connectivity index (χ3v) is 5.12. The van der Waals surface area contributed by atoms with Crippen LogP contribution >= 0.6 is 0 Å². The first-order valence-electron chi connectivity index (χ1n) is 9.90. The molecule has 144 valence electrons. The van der Waals surface area contributed by atoms with Crippen molar-refractivity contribution < 1.29 is 4.79 Å². The molecule has 1 aromatic carbocycles. The van der Waals surface area contributed by atoms with Crippen LogP contribution in [0.3, 0.4) is 0 Å². The quantitative estimate of drug-likeness (QED) is 0.750. The van der Waals surface area contributed by atoms with Crippen LogP contribution in [0.25, 0.3) is 11.4 Å². The predicted molar refractivity (Wildman–Crippen MR) is 106 cm³/mol. The Morgan fingerprint density at radius 2 is 1.96 bits per heavy atom. The standard InChI is InChI=1S/C21H29N5O/c1-15(2)18-9-11-19(12-10-18)20-23-25-26(24-20)16(3)21(27)22-14-13-17-7-5-4-6-8-17/h7,9-12,15-16H,4-6,8,13-14H2,1-3H3,(H,22,27)/t16-/m1/s1. The summed E-state index contributed by atoms with van der Waals surface area (Å²) in [7, 11) is 0. The summed E-state index contributed by atoms with van der Waals surface area (Å²) in [6, 6.07) is 7.67. The summed E-state index contributed by atoms with van der Waals surface area (Å²) in [6.45, 7) is 6.78. The molecule has 6 nitrogen and oxygen atoms in total. The summed E-state index contributed by atoms with van der Waals surface area (Å²) in [4.78, 5) is 13.8. The van der Waals surface area contributed by atoms with Crippen molar-refractivity contribution in [3.8, 4) is 11.4 Å². The third kappa shape index (κ3) is 5.02. The molecule has 27 heavy (non-hydrogen) atoms. The lowest BCUT2D eigenvalue weighted by molar-refractivity contribution is -0.124. The van der Waals surface area contributed by atoms with Gasteiger partial charge in [-0.25, -0.2) is 0 Å². The zero-order valence-corrected chi connectivity index (χ0v) is 16.5. The number of allylic oxidation sites excluding steroid dienone is 1. The molecule has 0 unspecified atom stereocenters. The van der Waals surface area contributed by atoms with E-state index in [1.807, 2.05) is 12.1 Å². The lowest BCUT2D eigenvalue weighted by atomic mass is 9.97. The number of aromatic nitrogens is 4. The van der Waals surface area contributed by atoms with E-state index in [0.29, 0.717) is 18.3 Å². The minimum absolute atomic E-state index is 0.0782. The summed E-state index contributed by atoms with van der Waals surface area (Å²) in [5.74, 6) is 0.943. The second kappa shape index (κ2) is 8.93. The van der Waals surface area contributed by atoms with Crippen molar-refractivity contribution in [1.82, 2.24) is 25.5 Å². The topological polar surface area (TPSA) is 72.7 Å². The van der Waals surface area contributed by atoms with Gasteiger partial charge in [0.15, 0.2) is 0 Å². The summed E-state index contributed by atoms with van der Waals surface area (Å²) in [5.41, 5.74) is 3.63. The number of nitrogens with one attached hydrogen (secondary N) is 1. The van der Waals surface area contributed by atoms with Crippen LogP contribution in [0.5, 0.6) is 0 Å². The molecule has 0 saturated heterocycles. The number of hydrogen-bond donors (Lipinski definition) is 1. The normalized spacial score (nSPS) is 15.5. The van der Waals surface area contributed by atoms with Crippen molar-refractivity contribution in [2.45, 2.75) is 64.8 Å². The molecule has 1 amide bonds. The average molecular weight is 367 g/mol. The Kier molecular flexibility index (Phi) is 6.37. The molecule has 2 aromatic rings. The van der Waals surface area contributed by atoms with Gasteiger partial charge in [-0.1, -0.05) is 49.8 Å². The molecule has 1 heterocycles. The lowest BCUT2D eigenvalue weighted by Crippen LogP contribution is -2.33. The summed E-state index contributed by atoms with van der Waals surface area (Å²) < 4.78 is 0. The van der Waals surface area contributed by atoms with Gasteiger partial charge < -0.3 is 5.32 Å². The van der Waals surface area contributed by atoms with E-state index in [-0.39, 0.29) is 5.91 Å². The summed E-state index contributed by atoms with van der Waals surface area (Å²) >= 11 is 0. The lowest BCUT2D eigenvalue weighted by Gasteiger charge is -2.14. The van der Waals surface area contributed by atoms with Crippen LogP contribution < -0.4 is 5.32 Å². The predicted octanol–water partition coefficient (Wildman–Crippen LogP) is 4.03. The van der Waals surface area contributed by atoms with E-state index < -0.39 is 6.04 Å². The molecule has 1 N–H and O–H groups in total. The van der Waals surface area contributed by atoms with Crippen molar-refractivity contribution in [2.24, 2.45) is 0 Å². The number of hydrogen-bond acceptors (Lipinski definition) is 4. The number of carbonyl (C=O) groups is 1. The van der Waals surface area contributed by atoms with E-state index in [4.69, 9.17) is 0 Å². The van der Waals surface area contributed by atoms with Crippen LogP contribution in [0.2, 0.25) is 0 Å². The number of tetrazole rings is 1. The third-order valence-electron chi connectivity index (χ3n) is 5.12. The maximum atomic E-state index is 12.4. The molecule has 1 aliphatic carbocycles. The van der Waals surface area contributed by atoms with E-state index in [0.717, 1.165) is 18.4 Å². The Labute approximate surface area is 161 Å². The van der Waals surface area contributed by atoms with E-state index in [1.54, 1.807) is 6.92 Å². The van der Waals surface area contributed by atoms with E-state index in [2.05, 4.69) is 52.8 Å². The van der Waals surface area contributed by atoms with Crippen molar-refractivity contribution in [3.05, 3.63) is 41.5 Å². The van der Waals surface area contributed by atoms with Crippen molar-refractivity contribution >= 4 is 5.91 Å². The molecule has 0 radical (unpaired) electrons. The number of benzene rings is 1. The van der Waals surface area contributed by atoms with E-state index in [9.17, 15) is 4.79 Å². The first-order valence-corrected chi connectivity index (χ1v) is 9.90. The van der Waals surface area contributed by atoms with Crippen LogP contribution in [-0.2, 0) is 4.79 Å². The van der Waals surface area contributed by atoms with Gasteiger partial charge in [-0.05, 0) is 55.7 Å². The average Bonchev–Trinajstić information content (AvgIpc) is 3.18. The Balaban J connectivity index is 1.56. The van der Waals surface area contributed by atoms with Crippen LogP contribution in [0, 0.1) is 0 Å². The number of amides is 1. The zero-order chi connectivity index (χ0) is 19.2. The molecule has 0 spiro atoms. The Hall–Kier alpha value is -2.50. The molecule has 0 aliphatic heterocycles. The van der Waals surface area contributed by atoms with E-state index >= 15 is 0 Å². The molecule has 1 atom stereocenters. The number of carbonyl (C=O) groups excluding carboxylic acids is 1. The molecule has 6 heteroatoms. The smallest absolute Gasteiger partial charge is 0.246 e. The highest BCUT2D eigenvalue weighted by atomic mass is 16.2. The van der Waals surface area contributed by atoms with Crippen LogP contribution in [0.15, 0.2) is 35.9 Å². The molecule has 0 bridgehead atoms. The van der Waals surface area contributed by atoms with Gasteiger partial charge in [-0.15, -0.1) is 10.2 Å². The second-order valence-electron chi connectivity index (χ2n) is 7.54. The number of rotatable bonds is 7. The van der Waals surface area contributed by atoms with Gasteiger partial charge in [-0.3, -0.25) is 4.79 Å². The van der Waals surface area contributed by atoms with Gasteiger partial charge in [0.1, 0.15) is 6.04 Å². The summed E-state index contributed by atoms with van der Waals surface area (Å²) in [5, 5.41) is 15.6. The highest BCUT2D eigenvalue weighted by molar-refractivity contribution is 5.79. The van der Waals surface area contributed by atoms with Crippen LogP contribution in [0.1, 0.15) is 70.4 Å². The number of nitrogens with zero attached hydrogens (tertiary/aromatic N) is 4. The van der Waals surface area contributed by atoms with Gasteiger partial charge in [0.2, 0.25) is 11.7 Å². The molecule has 0 saturated carbocycles. The summed E-state index contributed by atoms with van der Waals surface area (Å²) in [6.07, 6.45) is 8.12. The van der Waals surface area contributed by atoms with Crippen molar-refractivity contribution in [1.29, 1.82) is 0 Å². The van der Waals surface area contributed by atoms with Gasteiger partial charge in [0, 0.05) is 12.1 Å². The van der Waals surface area contributed by atoms with Gasteiger partial charge in [0.25, 0.3) is 0 Å². The fraction of sp³-hybridized carbons (Fsp3) is 0.524. The highest BCUT2D eigenvalue weighted by Crippen LogP contribution is 2.21. The Bertz CT molecular complexity index is 791. The second-order valence-corrected chi connectivity index (χ2v) is 7.54. The molecular weight excluding hydrogens is 338 g/mol. The fourth-order valence-electron chi connectivity index (χ4n) is 3.25. The Morgan fingerprint density at radius 3 is 2.63 bits per heavy atom. The first-order chi connectivity index (χ1) is 13.0. The molecule has 1 aromatic heterocycles. The van der Waals surface area contributed by atoms with Crippen molar-refractivity contribution in [2.75, 3.05) is 6.54 Å². The largest absolute Gasteiger partial charge is 0.354 e. The van der Waals surface area contributed by atoms with Crippen LogP contribution in [-0.4, -0.2) is 32.7 Å². The monoisotopic (exact) mass is 367 g/mol. The van der Waals surface area contributed by atoms with Crippen LogP contribution in [0.4, 0.5) is 0 Å². The molecular formula is C21H29N5O. The van der Waals surface area contributed by atoms with Gasteiger partial charge in [0.05, 0.1) is 0 Å². The molecule has 1 aliphatic rings. The van der Waals surface area contributed by atoms with Crippen molar-refractivity contribution in [3.63, 3.8) is 0 Å².